The predicted octanol–water partition coefficient (Wildman–Crippen LogP) is 4.97. The zero-order chi connectivity index (χ0) is 40.2. The van der Waals surface area contributed by atoms with Gasteiger partial charge in [-0.25, -0.2) is 14.2 Å². The number of hydrogen-bond donors (Lipinski definition) is 4. The van der Waals surface area contributed by atoms with Crippen LogP contribution < -0.4 is 25.1 Å². The second-order valence-electron chi connectivity index (χ2n) is 15.0. The molecule has 3 amide bonds. The third-order valence-electron chi connectivity index (χ3n) is 11.4. The van der Waals surface area contributed by atoms with Crippen LogP contribution in [0.25, 0.3) is 39.2 Å². The number of ether oxygens (including phenoxy) is 1. The van der Waals surface area contributed by atoms with Crippen LogP contribution in [-0.4, -0.2) is 73.6 Å². The average molecular weight is 794 g/mol. The lowest BCUT2D eigenvalue weighted by atomic mass is 9.81. The van der Waals surface area contributed by atoms with Crippen LogP contribution in [0.1, 0.15) is 71.5 Å². The number of aryl methyl sites for hydroxylation is 1. The highest BCUT2D eigenvalue weighted by Crippen LogP contribution is 2.47. The summed E-state index contributed by atoms with van der Waals surface area (Å²) in [5, 5.41) is 15.4. The van der Waals surface area contributed by atoms with Crippen LogP contribution >= 0.6 is 0 Å². The standard InChI is InChI=1S/C42H43N5O9S/c1-23-15-37(49)56-36-19-28(10-13-31(23)36)44-41(51)35-20-29(48)22-47(35)42(52)27-16-26-17-30(55-3)11-14-32(26)39-38(24-7-5-4-6-8-24)33-12-9-25(18-34(33)46(39)21-27)40(50)45-57(53,54)43-2/h9-19,24,29,35,43,48H,4-8,20-22H2,1-3H3,(H,44,51)(H,45,50)/t29-,35+/m1/s1. The Balaban J connectivity index is 1.21. The van der Waals surface area contributed by atoms with Gasteiger partial charge in [-0.1, -0.05) is 25.3 Å². The van der Waals surface area contributed by atoms with Crippen molar-refractivity contribution in [3.8, 4) is 17.0 Å². The molecule has 3 aliphatic rings. The van der Waals surface area contributed by atoms with Gasteiger partial charge in [0, 0.05) is 70.8 Å². The highest BCUT2D eigenvalue weighted by atomic mass is 32.2. The Labute approximate surface area is 328 Å². The Morgan fingerprint density at radius 3 is 2.49 bits per heavy atom. The summed E-state index contributed by atoms with van der Waals surface area (Å²) in [7, 11) is -1.31. The van der Waals surface area contributed by atoms with E-state index in [1.807, 2.05) is 33.6 Å². The molecule has 0 spiro atoms. The third-order valence-corrected chi connectivity index (χ3v) is 12.4. The SMILES string of the molecule is CNS(=O)(=O)NC(=O)c1ccc2c(C3CCCCC3)c3n(c2c1)CC(C(=O)N1C[C@H](O)C[C@H]1C(=O)Nc1ccc2c(C)cc(=O)oc2c1)=Cc1cc(OC)ccc1-3. The quantitative estimate of drug-likeness (QED) is 0.157. The molecule has 1 aliphatic carbocycles. The van der Waals surface area contributed by atoms with E-state index in [9.17, 15) is 32.7 Å². The number of nitrogens with one attached hydrogen (secondary N) is 3. The fraction of sp³-hybridized carbons (Fsp3) is 0.333. The molecule has 1 saturated heterocycles. The summed E-state index contributed by atoms with van der Waals surface area (Å²) < 4.78 is 41.7. The zero-order valence-corrected chi connectivity index (χ0v) is 32.6. The molecule has 14 nitrogen and oxygen atoms in total. The summed E-state index contributed by atoms with van der Waals surface area (Å²) in [6.07, 6.45) is 6.03. The number of rotatable bonds is 8. The number of aliphatic hydroxyl groups excluding tert-OH is 1. The van der Waals surface area contributed by atoms with Crippen LogP contribution in [0.2, 0.25) is 0 Å². The van der Waals surface area contributed by atoms with Crippen molar-refractivity contribution in [3.63, 3.8) is 0 Å². The lowest BCUT2D eigenvalue weighted by molar-refractivity contribution is -0.133. The molecule has 57 heavy (non-hydrogen) atoms. The highest BCUT2D eigenvalue weighted by Gasteiger charge is 2.41. The third kappa shape index (κ3) is 7.22. The molecular formula is C42H43N5O9S. The molecule has 1 saturated carbocycles. The van der Waals surface area contributed by atoms with Gasteiger partial charge in [-0.05, 0) is 90.9 Å². The maximum Gasteiger partial charge on any atom is 0.336 e. The first kappa shape index (κ1) is 38.1. The molecule has 2 aromatic heterocycles. The van der Waals surface area contributed by atoms with Crippen molar-refractivity contribution in [2.75, 3.05) is 26.0 Å². The Morgan fingerprint density at radius 1 is 0.965 bits per heavy atom. The van der Waals surface area contributed by atoms with E-state index < -0.39 is 45.7 Å². The molecular weight excluding hydrogens is 751 g/mol. The summed E-state index contributed by atoms with van der Waals surface area (Å²) in [6.45, 7) is 1.77. The number of anilines is 1. The fourth-order valence-electron chi connectivity index (χ4n) is 8.64. The van der Waals surface area contributed by atoms with Crippen LogP contribution in [0.5, 0.6) is 5.75 Å². The van der Waals surface area contributed by atoms with E-state index in [0.29, 0.717) is 28.1 Å². The summed E-state index contributed by atoms with van der Waals surface area (Å²) in [5.41, 5.74) is 5.57. The normalized spacial score (nSPS) is 18.5. The number of nitrogens with zero attached hydrogens (tertiary/aromatic N) is 2. The molecule has 0 bridgehead atoms. The van der Waals surface area contributed by atoms with E-state index in [1.54, 1.807) is 50.4 Å². The number of carbonyl (C=O) groups is 3. The Morgan fingerprint density at radius 2 is 1.74 bits per heavy atom. The van der Waals surface area contributed by atoms with Gasteiger partial charge in [0.05, 0.1) is 25.5 Å². The van der Waals surface area contributed by atoms with Crippen molar-refractivity contribution in [1.29, 1.82) is 0 Å². The number of likely N-dealkylation sites (tertiary alicyclic amines) is 1. The van der Waals surface area contributed by atoms with Crippen molar-refractivity contribution in [1.82, 2.24) is 18.9 Å². The van der Waals surface area contributed by atoms with Gasteiger partial charge in [0.2, 0.25) is 5.91 Å². The Bertz CT molecular complexity index is 2680. The molecule has 4 N–H and O–H groups in total. The molecule has 0 unspecified atom stereocenters. The number of β-amino-alcohol motifs (C(OH)–C–C–N with tert-alkyl or cyclic N) is 1. The largest absolute Gasteiger partial charge is 0.497 e. The lowest BCUT2D eigenvalue weighted by Gasteiger charge is -2.25. The molecule has 2 atom stereocenters. The Kier molecular flexibility index (Phi) is 10.0. The molecule has 3 aromatic carbocycles. The van der Waals surface area contributed by atoms with E-state index >= 15 is 0 Å². The number of aromatic nitrogens is 1. The summed E-state index contributed by atoms with van der Waals surface area (Å²) in [4.78, 5) is 55.5. The number of methoxy groups -OCH3 is 1. The van der Waals surface area contributed by atoms with E-state index in [0.717, 1.165) is 70.8 Å². The minimum absolute atomic E-state index is 0.00849. The Hall–Kier alpha value is -5.77. The van der Waals surface area contributed by atoms with Gasteiger partial charge >= 0.3 is 15.8 Å². The number of hydrogen-bond acceptors (Lipinski definition) is 9. The van der Waals surface area contributed by atoms with Gasteiger partial charge in [-0.2, -0.15) is 8.42 Å². The minimum Gasteiger partial charge on any atom is -0.497 e. The van der Waals surface area contributed by atoms with Crippen LogP contribution in [-0.2, 0) is 26.3 Å². The molecule has 8 rings (SSSR count). The van der Waals surface area contributed by atoms with E-state index in [1.165, 1.54) is 18.0 Å². The fourth-order valence-corrected chi connectivity index (χ4v) is 9.11. The van der Waals surface area contributed by atoms with Gasteiger partial charge in [0.1, 0.15) is 17.4 Å². The van der Waals surface area contributed by atoms with Crippen molar-refractivity contribution in [2.24, 2.45) is 0 Å². The summed E-state index contributed by atoms with van der Waals surface area (Å²) >= 11 is 0. The molecule has 0 radical (unpaired) electrons. The molecule has 296 valence electrons. The number of carbonyl (C=O) groups excluding carboxylic acids is 3. The first-order valence-electron chi connectivity index (χ1n) is 19.0. The molecule has 2 aliphatic heterocycles. The van der Waals surface area contributed by atoms with E-state index in [2.05, 4.69) is 10.0 Å². The second-order valence-corrected chi connectivity index (χ2v) is 16.6. The minimum atomic E-state index is -4.08. The van der Waals surface area contributed by atoms with Gasteiger partial charge in [-0.15, -0.1) is 0 Å². The number of fused-ring (bicyclic) bond motifs is 6. The predicted molar refractivity (Wildman–Crippen MR) is 215 cm³/mol. The van der Waals surface area contributed by atoms with Crippen molar-refractivity contribution >= 4 is 61.6 Å². The maximum absolute atomic E-state index is 14.8. The van der Waals surface area contributed by atoms with Gasteiger partial charge < -0.3 is 29.0 Å². The first-order chi connectivity index (χ1) is 27.3. The second kappa shape index (κ2) is 15.0. The first-order valence-corrected chi connectivity index (χ1v) is 20.5. The van der Waals surface area contributed by atoms with Crippen molar-refractivity contribution in [3.05, 3.63) is 98.9 Å². The van der Waals surface area contributed by atoms with E-state index in [4.69, 9.17) is 9.15 Å². The maximum atomic E-state index is 14.8. The number of benzene rings is 3. The molecule has 5 aromatic rings. The zero-order valence-electron chi connectivity index (χ0n) is 31.8. The molecule has 2 fully saturated rings. The van der Waals surface area contributed by atoms with Crippen LogP contribution in [0, 0.1) is 6.92 Å². The van der Waals surface area contributed by atoms with Gasteiger partial charge in [0.25, 0.3) is 11.8 Å². The van der Waals surface area contributed by atoms with Gasteiger partial charge in [0.15, 0.2) is 0 Å². The monoisotopic (exact) mass is 793 g/mol. The molecule has 15 heteroatoms. The topological polar surface area (TPSA) is 189 Å². The summed E-state index contributed by atoms with van der Waals surface area (Å²) in [5.74, 6) is -0.994. The van der Waals surface area contributed by atoms with Crippen LogP contribution in [0.3, 0.4) is 0 Å². The average Bonchev–Trinajstić information content (AvgIpc) is 3.69. The van der Waals surface area contributed by atoms with Crippen LogP contribution in [0.4, 0.5) is 5.69 Å². The van der Waals surface area contributed by atoms with Crippen molar-refractivity contribution in [2.45, 2.75) is 70.1 Å². The summed E-state index contributed by atoms with van der Waals surface area (Å²) in [6, 6.07) is 16.2. The smallest absolute Gasteiger partial charge is 0.336 e. The molecule has 4 heterocycles. The highest BCUT2D eigenvalue weighted by molar-refractivity contribution is 7.88. The lowest BCUT2D eigenvalue weighted by Crippen LogP contribution is -2.44. The number of aliphatic hydroxyl groups is 1. The van der Waals surface area contributed by atoms with E-state index in [-0.39, 0.29) is 31.0 Å². The van der Waals surface area contributed by atoms with Crippen LogP contribution in [0.15, 0.2) is 75.4 Å². The number of amides is 3. The van der Waals surface area contributed by atoms with Gasteiger partial charge in [-0.3, -0.25) is 14.4 Å². The van der Waals surface area contributed by atoms with Crippen molar-refractivity contribution < 1.29 is 37.1 Å².